The van der Waals surface area contributed by atoms with Gasteiger partial charge in [0, 0.05) is 24.8 Å². The minimum atomic E-state index is -0.522. The van der Waals surface area contributed by atoms with Crippen LogP contribution in [-0.4, -0.2) is 49.2 Å². The van der Waals surface area contributed by atoms with Crippen molar-refractivity contribution in [3.05, 3.63) is 18.2 Å². The molecule has 1 atom stereocenters. The molecule has 1 saturated heterocycles. The van der Waals surface area contributed by atoms with Crippen LogP contribution in [0.4, 0.5) is 10.5 Å². The molecule has 0 saturated carbocycles. The molecular formula is C16H23N3O4. The van der Waals surface area contributed by atoms with Crippen molar-refractivity contribution in [2.45, 2.75) is 26.8 Å². The Morgan fingerprint density at radius 1 is 1.30 bits per heavy atom. The smallest absolute Gasteiger partial charge is 0.324 e. The first kappa shape index (κ1) is 16.9. The van der Waals surface area contributed by atoms with Crippen molar-refractivity contribution < 1.29 is 19.1 Å². The van der Waals surface area contributed by atoms with Crippen LogP contribution in [-0.2, 0) is 4.79 Å². The minimum absolute atomic E-state index is 0.258. The third-order valence-corrected chi connectivity index (χ3v) is 3.42. The van der Waals surface area contributed by atoms with Crippen molar-refractivity contribution >= 4 is 17.6 Å². The molecule has 7 nitrogen and oxygen atoms in total. The first-order chi connectivity index (χ1) is 11.1. The van der Waals surface area contributed by atoms with E-state index in [-0.39, 0.29) is 11.9 Å². The molecule has 1 aromatic rings. The first-order valence-electron chi connectivity index (χ1n) is 7.82. The van der Waals surface area contributed by atoms with E-state index in [1.165, 1.54) is 4.90 Å². The summed E-state index contributed by atoms with van der Waals surface area (Å²) in [7, 11) is 0. The molecule has 2 N–H and O–H groups in total. The van der Waals surface area contributed by atoms with Crippen molar-refractivity contribution in [2.24, 2.45) is 0 Å². The summed E-state index contributed by atoms with van der Waals surface area (Å²) >= 11 is 0. The van der Waals surface area contributed by atoms with Gasteiger partial charge in [0.2, 0.25) is 0 Å². The van der Waals surface area contributed by atoms with Gasteiger partial charge < -0.3 is 20.1 Å². The number of anilines is 1. The molecule has 0 radical (unpaired) electrons. The van der Waals surface area contributed by atoms with Crippen LogP contribution in [0, 0.1) is 0 Å². The van der Waals surface area contributed by atoms with Gasteiger partial charge >= 0.3 is 6.03 Å². The Kier molecular flexibility index (Phi) is 5.67. The highest BCUT2D eigenvalue weighted by molar-refractivity contribution is 5.99. The third-order valence-electron chi connectivity index (χ3n) is 3.42. The number of hydrogen-bond donors (Lipinski definition) is 2. The second-order valence-electron chi connectivity index (χ2n) is 5.12. The molecule has 0 aliphatic carbocycles. The lowest BCUT2D eigenvalue weighted by atomic mass is 10.2. The average Bonchev–Trinajstić information content (AvgIpc) is 2.95. The number of rotatable bonds is 7. The Labute approximate surface area is 135 Å². The molecule has 1 aliphatic rings. The Hall–Kier alpha value is -2.44. The lowest BCUT2D eigenvalue weighted by Crippen LogP contribution is -2.43. The molecule has 3 amide bonds. The Morgan fingerprint density at radius 3 is 2.61 bits per heavy atom. The number of ether oxygens (including phenoxy) is 2. The van der Waals surface area contributed by atoms with E-state index in [0.717, 1.165) is 5.69 Å². The van der Waals surface area contributed by atoms with Gasteiger partial charge in [0.1, 0.15) is 6.04 Å². The molecule has 23 heavy (non-hydrogen) atoms. The zero-order valence-electron chi connectivity index (χ0n) is 13.7. The van der Waals surface area contributed by atoms with E-state index in [2.05, 4.69) is 10.6 Å². The molecule has 0 unspecified atom stereocenters. The molecule has 1 aliphatic heterocycles. The second kappa shape index (κ2) is 7.71. The van der Waals surface area contributed by atoms with Crippen molar-refractivity contribution in [3.8, 4) is 11.5 Å². The van der Waals surface area contributed by atoms with Gasteiger partial charge in [-0.1, -0.05) is 0 Å². The molecular weight excluding hydrogens is 298 g/mol. The number of imide groups is 1. The summed E-state index contributed by atoms with van der Waals surface area (Å²) in [5.41, 5.74) is 0.734. The fourth-order valence-corrected chi connectivity index (χ4v) is 2.37. The van der Waals surface area contributed by atoms with Crippen LogP contribution in [0.3, 0.4) is 0 Å². The molecule has 2 rings (SSSR count). The van der Waals surface area contributed by atoms with E-state index in [1.54, 1.807) is 19.1 Å². The van der Waals surface area contributed by atoms with Gasteiger partial charge in [-0.2, -0.15) is 0 Å². The van der Waals surface area contributed by atoms with Crippen molar-refractivity contribution in [3.63, 3.8) is 0 Å². The standard InChI is InChI=1S/C16H23N3O4/c1-4-22-13-7-6-12(10-14(13)23-5-2)18-11(3)15(20)19-9-8-17-16(19)21/h6-7,10-11,18H,4-5,8-9H2,1-3H3,(H,17,21)/t11-/m0/s1. The van der Waals surface area contributed by atoms with Crippen LogP contribution in [0.5, 0.6) is 11.5 Å². The molecule has 1 aromatic carbocycles. The van der Waals surface area contributed by atoms with E-state index in [9.17, 15) is 9.59 Å². The van der Waals surface area contributed by atoms with Gasteiger partial charge in [-0.25, -0.2) is 4.79 Å². The summed E-state index contributed by atoms with van der Waals surface area (Å²) in [4.78, 5) is 25.1. The summed E-state index contributed by atoms with van der Waals surface area (Å²) in [5, 5.41) is 5.72. The third kappa shape index (κ3) is 4.06. The highest BCUT2D eigenvalue weighted by Gasteiger charge is 2.29. The van der Waals surface area contributed by atoms with Crippen LogP contribution in [0.25, 0.3) is 0 Å². The summed E-state index contributed by atoms with van der Waals surface area (Å²) in [5.74, 6) is 1.03. The lowest BCUT2D eigenvalue weighted by Gasteiger charge is -2.20. The second-order valence-corrected chi connectivity index (χ2v) is 5.12. The van der Waals surface area contributed by atoms with Crippen LogP contribution < -0.4 is 20.1 Å². The topological polar surface area (TPSA) is 79.9 Å². The number of nitrogens with zero attached hydrogens (tertiary/aromatic N) is 1. The molecule has 1 fully saturated rings. The van der Waals surface area contributed by atoms with Gasteiger partial charge in [-0.05, 0) is 32.9 Å². The van der Waals surface area contributed by atoms with Crippen LogP contribution in [0.2, 0.25) is 0 Å². The molecule has 0 aromatic heterocycles. The number of amides is 3. The van der Waals surface area contributed by atoms with Crippen molar-refractivity contribution in [1.29, 1.82) is 0 Å². The highest BCUT2D eigenvalue weighted by Crippen LogP contribution is 2.31. The first-order valence-corrected chi connectivity index (χ1v) is 7.82. The van der Waals surface area contributed by atoms with E-state index >= 15 is 0 Å². The Morgan fingerprint density at radius 2 is 2.00 bits per heavy atom. The predicted octanol–water partition coefficient (Wildman–Crippen LogP) is 1.84. The Balaban J connectivity index is 2.07. The molecule has 0 spiro atoms. The summed E-state index contributed by atoms with van der Waals surface area (Å²) in [6.45, 7) is 7.49. The maximum atomic E-state index is 12.3. The monoisotopic (exact) mass is 321 g/mol. The SMILES string of the molecule is CCOc1ccc(N[C@@H](C)C(=O)N2CCNC2=O)cc1OCC. The van der Waals surface area contributed by atoms with Crippen LogP contribution >= 0.6 is 0 Å². The number of hydrogen-bond acceptors (Lipinski definition) is 5. The number of urea groups is 1. The van der Waals surface area contributed by atoms with E-state index < -0.39 is 6.04 Å². The molecule has 126 valence electrons. The van der Waals surface area contributed by atoms with E-state index in [4.69, 9.17) is 9.47 Å². The van der Waals surface area contributed by atoms with E-state index in [0.29, 0.717) is 37.8 Å². The van der Waals surface area contributed by atoms with Crippen LogP contribution in [0.1, 0.15) is 20.8 Å². The van der Waals surface area contributed by atoms with Gasteiger partial charge in [-0.3, -0.25) is 9.69 Å². The quantitative estimate of drug-likeness (QED) is 0.801. The van der Waals surface area contributed by atoms with Gasteiger partial charge in [-0.15, -0.1) is 0 Å². The average molecular weight is 321 g/mol. The summed E-state index contributed by atoms with van der Waals surface area (Å²) in [6.07, 6.45) is 0. The largest absolute Gasteiger partial charge is 0.490 e. The van der Waals surface area contributed by atoms with Gasteiger partial charge in [0.25, 0.3) is 5.91 Å². The maximum Gasteiger partial charge on any atom is 0.324 e. The van der Waals surface area contributed by atoms with Crippen molar-refractivity contribution in [2.75, 3.05) is 31.6 Å². The van der Waals surface area contributed by atoms with Gasteiger partial charge in [0.15, 0.2) is 11.5 Å². The molecule has 0 bridgehead atoms. The zero-order valence-corrected chi connectivity index (χ0v) is 13.7. The van der Waals surface area contributed by atoms with Gasteiger partial charge in [0.05, 0.1) is 13.2 Å². The normalized spacial score (nSPS) is 15.1. The van der Waals surface area contributed by atoms with E-state index in [1.807, 2.05) is 19.9 Å². The summed E-state index contributed by atoms with van der Waals surface area (Å²) in [6, 6.07) is 4.55. The summed E-state index contributed by atoms with van der Waals surface area (Å²) < 4.78 is 11.1. The highest BCUT2D eigenvalue weighted by atomic mass is 16.5. The zero-order chi connectivity index (χ0) is 16.8. The predicted molar refractivity (Wildman–Crippen MR) is 87.0 cm³/mol. The molecule has 7 heteroatoms. The fraction of sp³-hybridized carbons (Fsp3) is 0.500. The van der Waals surface area contributed by atoms with Crippen molar-refractivity contribution in [1.82, 2.24) is 10.2 Å². The maximum absolute atomic E-state index is 12.3. The van der Waals surface area contributed by atoms with Crippen LogP contribution in [0.15, 0.2) is 18.2 Å². The fourth-order valence-electron chi connectivity index (χ4n) is 2.37. The Bertz CT molecular complexity index is 576. The number of carbonyl (C=O) groups is 2. The molecule has 1 heterocycles. The lowest BCUT2D eigenvalue weighted by molar-refractivity contribution is -0.128. The number of carbonyl (C=O) groups excluding carboxylic acids is 2. The minimum Gasteiger partial charge on any atom is -0.490 e. The number of benzene rings is 1. The number of nitrogens with one attached hydrogen (secondary N) is 2.